The van der Waals surface area contributed by atoms with Gasteiger partial charge in [0.15, 0.2) is 0 Å². The molecule has 0 saturated heterocycles. The molecule has 0 unspecified atom stereocenters. The molecule has 1 fully saturated rings. The summed E-state index contributed by atoms with van der Waals surface area (Å²) in [7, 11) is -3.21. The van der Waals surface area contributed by atoms with E-state index in [1.807, 2.05) is 24.3 Å². The van der Waals surface area contributed by atoms with Crippen LogP contribution in [0.5, 0.6) is 0 Å². The highest BCUT2D eigenvalue weighted by Crippen LogP contribution is 2.34. The van der Waals surface area contributed by atoms with Gasteiger partial charge < -0.3 is 4.57 Å². The molecule has 1 saturated carbocycles. The highest BCUT2D eigenvalue weighted by Gasteiger charge is 2.35. The van der Waals surface area contributed by atoms with Gasteiger partial charge in [-0.3, -0.25) is 0 Å². The van der Waals surface area contributed by atoms with Crippen LogP contribution in [0.1, 0.15) is 35.7 Å². The summed E-state index contributed by atoms with van der Waals surface area (Å²) in [6.07, 6.45) is 2.12. The summed E-state index contributed by atoms with van der Waals surface area (Å²) >= 11 is 6.30. The molecule has 1 N–H and O–H groups in total. The molecule has 5 rings (SSSR count). The Hall–Kier alpha value is -2.60. The lowest BCUT2D eigenvalue weighted by molar-refractivity contribution is 0.578. The minimum Gasteiger partial charge on any atom is -0.333 e. The summed E-state index contributed by atoms with van der Waals surface area (Å²) in [6, 6.07) is 28.8. The number of sulfonamides is 1. The molecule has 0 atom stereocenters. The minimum absolute atomic E-state index is 0.0360. The monoisotopic (exact) mass is 464 g/mol. The molecule has 1 heterocycles. The molecule has 0 radical (unpaired) electrons. The van der Waals surface area contributed by atoms with Gasteiger partial charge in [0.1, 0.15) is 0 Å². The van der Waals surface area contributed by atoms with E-state index in [0.29, 0.717) is 18.0 Å². The van der Waals surface area contributed by atoms with E-state index < -0.39 is 10.0 Å². The molecule has 4 aromatic rings. The normalized spacial score (nSPS) is 14.3. The fourth-order valence-corrected chi connectivity index (χ4v) is 5.90. The number of nitrogens with one attached hydrogen (secondary N) is 1. The van der Waals surface area contributed by atoms with E-state index in [9.17, 15) is 8.42 Å². The zero-order chi connectivity index (χ0) is 22.1. The van der Waals surface area contributed by atoms with Gasteiger partial charge in [0.05, 0.1) is 11.3 Å². The predicted octanol–water partition coefficient (Wildman–Crippen LogP) is 5.56. The lowest BCUT2D eigenvalue weighted by atomic mass is 9.98. The van der Waals surface area contributed by atoms with Crippen molar-refractivity contribution >= 4 is 32.5 Å². The van der Waals surface area contributed by atoms with Gasteiger partial charge in [-0.15, -0.1) is 0 Å². The summed E-state index contributed by atoms with van der Waals surface area (Å²) in [6.45, 7) is 0.374. The van der Waals surface area contributed by atoms with Gasteiger partial charge in [0.25, 0.3) is 0 Å². The quantitative estimate of drug-likeness (QED) is 0.371. The van der Waals surface area contributed by atoms with E-state index in [0.717, 1.165) is 29.4 Å². The van der Waals surface area contributed by atoms with Crippen molar-refractivity contribution in [2.45, 2.75) is 30.6 Å². The third kappa shape index (κ3) is 4.33. The van der Waals surface area contributed by atoms with Crippen LogP contribution < -0.4 is 4.72 Å². The Morgan fingerprint density at radius 2 is 1.53 bits per heavy atom. The van der Waals surface area contributed by atoms with Crippen molar-refractivity contribution in [3.05, 3.63) is 107 Å². The molecule has 6 heteroatoms. The maximum atomic E-state index is 12.3. The summed E-state index contributed by atoms with van der Waals surface area (Å²) in [5.74, 6) is 0. The fraction of sp³-hybridized carbons (Fsp3) is 0.231. The van der Waals surface area contributed by atoms with Crippen LogP contribution in [-0.2, 0) is 16.4 Å². The average Bonchev–Trinajstić information content (AvgIpc) is 3.60. The van der Waals surface area contributed by atoms with Crippen LogP contribution in [-0.4, -0.2) is 24.8 Å². The molecule has 0 bridgehead atoms. The second-order valence-corrected chi connectivity index (χ2v) is 10.8. The van der Waals surface area contributed by atoms with Gasteiger partial charge in [0, 0.05) is 34.6 Å². The molecule has 1 aliphatic carbocycles. The number of hydrogen-bond acceptors (Lipinski definition) is 2. The maximum Gasteiger partial charge on any atom is 0.214 e. The lowest BCUT2D eigenvalue weighted by Gasteiger charge is -2.24. The molecular formula is C26H25ClN2O2S. The summed E-state index contributed by atoms with van der Waals surface area (Å²) in [4.78, 5) is 0. The Morgan fingerprint density at radius 3 is 2.12 bits per heavy atom. The number of fused-ring (bicyclic) bond motifs is 1. The van der Waals surface area contributed by atoms with Gasteiger partial charge >= 0.3 is 0 Å². The zero-order valence-electron chi connectivity index (χ0n) is 17.6. The SMILES string of the molecule is O=S(=O)(NCCc1cc2cc(Cl)ccc2n1C(c1ccccc1)c1ccccc1)C1CC1. The molecule has 1 aliphatic rings. The number of benzene rings is 3. The minimum atomic E-state index is -3.21. The second-order valence-electron chi connectivity index (χ2n) is 8.32. The predicted molar refractivity (Wildman–Crippen MR) is 131 cm³/mol. The molecule has 0 spiro atoms. The largest absolute Gasteiger partial charge is 0.333 e. The fourth-order valence-electron chi connectivity index (χ4n) is 4.34. The van der Waals surface area contributed by atoms with Crippen LogP contribution in [0.15, 0.2) is 84.9 Å². The van der Waals surface area contributed by atoms with E-state index >= 15 is 0 Å². The molecular weight excluding hydrogens is 440 g/mol. The van der Waals surface area contributed by atoms with E-state index in [1.54, 1.807) is 0 Å². The number of nitrogens with zero attached hydrogens (tertiary/aromatic N) is 1. The van der Waals surface area contributed by atoms with Gasteiger partial charge in [0.2, 0.25) is 10.0 Å². The second kappa shape index (κ2) is 8.74. The first-order valence-corrected chi connectivity index (χ1v) is 12.8. The van der Waals surface area contributed by atoms with Crippen molar-refractivity contribution in [1.82, 2.24) is 9.29 Å². The van der Waals surface area contributed by atoms with Crippen molar-refractivity contribution in [1.29, 1.82) is 0 Å². The summed E-state index contributed by atoms with van der Waals surface area (Å²) in [5.41, 5.74) is 4.49. The third-order valence-electron chi connectivity index (χ3n) is 6.02. The standard InChI is InChI=1S/C26H25ClN2O2S/c27-22-11-14-25-21(17-22)18-23(15-16-28-32(30,31)24-12-13-24)29(25)26(19-7-3-1-4-8-19)20-9-5-2-6-10-20/h1-11,14,17-18,24,26,28H,12-13,15-16H2. The number of aromatic nitrogens is 1. The van der Waals surface area contributed by atoms with E-state index in [4.69, 9.17) is 11.6 Å². The van der Waals surface area contributed by atoms with Crippen molar-refractivity contribution in [3.63, 3.8) is 0 Å². The molecule has 164 valence electrons. The van der Waals surface area contributed by atoms with Crippen molar-refractivity contribution in [2.24, 2.45) is 0 Å². The van der Waals surface area contributed by atoms with E-state index in [1.165, 1.54) is 11.1 Å². The third-order valence-corrected chi connectivity index (χ3v) is 8.21. The lowest BCUT2D eigenvalue weighted by Crippen LogP contribution is -2.29. The van der Waals surface area contributed by atoms with Gasteiger partial charge in [-0.1, -0.05) is 72.3 Å². The molecule has 0 aliphatic heterocycles. The topological polar surface area (TPSA) is 51.1 Å². The smallest absolute Gasteiger partial charge is 0.214 e. The highest BCUT2D eigenvalue weighted by molar-refractivity contribution is 7.90. The molecule has 3 aromatic carbocycles. The Labute approximate surface area is 193 Å². The Bertz CT molecular complexity index is 1290. The first-order valence-electron chi connectivity index (χ1n) is 10.9. The first-order chi connectivity index (χ1) is 15.5. The average molecular weight is 465 g/mol. The first kappa shape index (κ1) is 21.3. The molecule has 1 aromatic heterocycles. The van der Waals surface area contributed by atoms with Crippen LogP contribution in [0.25, 0.3) is 10.9 Å². The zero-order valence-corrected chi connectivity index (χ0v) is 19.2. The van der Waals surface area contributed by atoms with Crippen molar-refractivity contribution in [3.8, 4) is 0 Å². The van der Waals surface area contributed by atoms with Crippen LogP contribution >= 0.6 is 11.6 Å². The summed E-state index contributed by atoms with van der Waals surface area (Å²) < 4.78 is 29.8. The Balaban J connectivity index is 1.60. The van der Waals surface area contributed by atoms with Gasteiger partial charge in [-0.25, -0.2) is 13.1 Å². The number of rotatable bonds is 8. The Morgan fingerprint density at radius 1 is 0.906 bits per heavy atom. The van der Waals surface area contributed by atoms with Gasteiger partial charge in [-0.2, -0.15) is 0 Å². The molecule has 4 nitrogen and oxygen atoms in total. The number of hydrogen-bond donors (Lipinski definition) is 1. The number of halogens is 1. The Kier molecular flexibility index (Phi) is 5.80. The van der Waals surface area contributed by atoms with Crippen LogP contribution in [0.2, 0.25) is 5.02 Å². The molecule has 0 amide bonds. The maximum absolute atomic E-state index is 12.3. The van der Waals surface area contributed by atoms with Crippen molar-refractivity contribution in [2.75, 3.05) is 6.54 Å². The van der Waals surface area contributed by atoms with Crippen LogP contribution in [0, 0.1) is 0 Å². The van der Waals surface area contributed by atoms with E-state index in [2.05, 4.69) is 70.0 Å². The van der Waals surface area contributed by atoms with Crippen LogP contribution in [0.4, 0.5) is 0 Å². The highest BCUT2D eigenvalue weighted by atomic mass is 35.5. The van der Waals surface area contributed by atoms with E-state index in [-0.39, 0.29) is 11.3 Å². The summed E-state index contributed by atoms with van der Waals surface area (Å²) in [5, 5.41) is 1.52. The van der Waals surface area contributed by atoms with Gasteiger partial charge in [-0.05, 0) is 48.2 Å². The molecule has 32 heavy (non-hydrogen) atoms. The van der Waals surface area contributed by atoms with Crippen molar-refractivity contribution < 1.29 is 8.42 Å². The van der Waals surface area contributed by atoms with Crippen LogP contribution in [0.3, 0.4) is 0 Å².